The number of aromatic amines is 1. The molecule has 2 aromatic rings. The van der Waals surface area contributed by atoms with Crippen LogP contribution in [0, 0.1) is 20.4 Å². The third-order valence-corrected chi connectivity index (χ3v) is 4.70. The molecule has 3 N–H and O–H groups in total. The molecular formula is C19H22N5O2. The lowest BCUT2D eigenvalue weighted by molar-refractivity contribution is -0.121. The summed E-state index contributed by atoms with van der Waals surface area (Å²) in [5.41, 5.74) is 3.88. The van der Waals surface area contributed by atoms with Crippen LogP contribution in [0.25, 0.3) is 11.8 Å². The summed E-state index contributed by atoms with van der Waals surface area (Å²) >= 11 is 0. The summed E-state index contributed by atoms with van der Waals surface area (Å²) in [4.78, 5) is 27.8. The maximum atomic E-state index is 12.5. The summed E-state index contributed by atoms with van der Waals surface area (Å²) in [5, 5.41) is 15.5. The van der Waals surface area contributed by atoms with E-state index in [1.165, 1.54) is 0 Å². The summed E-state index contributed by atoms with van der Waals surface area (Å²) < 4.78 is 0. The lowest BCUT2D eigenvalue weighted by Crippen LogP contribution is -2.45. The van der Waals surface area contributed by atoms with Gasteiger partial charge in [0.05, 0.1) is 31.4 Å². The van der Waals surface area contributed by atoms with Crippen molar-refractivity contribution < 1.29 is 4.79 Å². The number of pyridine rings is 1. The molecule has 7 heteroatoms. The number of carbonyl (C=O) groups excluding carboxylic acids is 1. The normalized spacial score (nSPS) is 14.1. The topological polar surface area (TPSA) is 99.8 Å². The summed E-state index contributed by atoms with van der Waals surface area (Å²) in [5.74, 6) is -0.209. The highest BCUT2D eigenvalue weighted by Gasteiger charge is 2.17. The summed E-state index contributed by atoms with van der Waals surface area (Å²) in [7, 11) is 0. The van der Waals surface area contributed by atoms with Crippen LogP contribution < -0.4 is 26.8 Å². The predicted molar refractivity (Wildman–Crippen MR) is 99.1 cm³/mol. The van der Waals surface area contributed by atoms with Gasteiger partial charge in [-0.05, 0) is 50.5 Å². The molecule has 0 aliphatic carbocycles. The number of nitrogens with one attached hydrogen (secondary N) is 3. The molecule has 7 nitrogen and oxygen atoms in total. The average molecular weight is 352 g/mol. The van der Waals surface area contributed by atoms with Crippen LogP contribution >= 0.6 is 0 Å². The van der Waals surface area contributed by atoms with E-state index >= 15 is 0 Å². The Hall–Kier alpha value is -2.96. The molecule has 1 atom stereocenters. The van der Waals surface area contributed by atoms with E-state index in [0.717, 1.165) is 33.0 Å². The maximum Gasteiger partial charge on any atom is 0.252 e. The molecule has 0 aromatic carbocycles. The van der Waals surface area contributed by atoms with Gasteiger partial charge in [-0.3, -0.25) is 9.59 Å². The van der Waals surface area contributed by atoms with Crippen molar-refractivity contribution in [3.63, 3.8) is 0 Å². The fourth-order valence-corrected chi connectivity index (χ4v) is 3.30. The van der Waals surface area contributed by atoms with Gasteiger partial charge in [-0.1, -0.05) is 0 Å². The van der Waals surface area contributed by atoms with Crippen molar-refractivity contribution in [2.75, 3.05) is 0 Å². The second-order valence-electron chi connectivity index (χ2n) is 6.54. The minimum absolute atomic E-state index is 0.0212. The number of hydrogen-bond donors (Lipinski definition) is 3. The molecule has 1 amide bonds. The Kier molecular flexibility index (Phi) is 4.88. The fourth-order valence-electron chi connectivity index (χ4n) is 3.30. The minimum Gasteiger partial charge on any atom is -0.379 e. The number of carbonyl (C=O) groups is 1. The molecule has 3 rings (SSSR count). The first-order valence-electron chi connectivity index (χ1n) is 8.47. The Morgan fingerprint density at radius 3 is 2.69 bits per heavy atom. The molecule has 2 aromatic heterocycles. The lowest BCUT2D eigenvalue weighted by Gasteiger charge is -2.17. The third-order valence-electron chi connectivity index (χ3n) is 4.70. The molecule has 0 saturated carbocycles. The summed E-state index contributed by atoms with van der Waals surface area (Å²) in [6, 6.07) is -0.215. The molecule has 0 fully saturated rings. The van der Waals surface area contributed by atoms with Crippen molar-refractivity contribution in [2.45, 2.75) is 40.2 Å². The quantitative estimate of drug-likeness (QED) is 0.712. The predicted octanol–water partition coefficient (Wildman–Crippen LogP) is -0.125. The first-order chi connectivity index (χ1) is 12.4. The van der Waals surface area contributed by atoms with Crippen molar-refractivity contribution >= 4 is 17.7 Å². The number of aryl methyl sites for hydroxylation is 1. The van der Waals surface area contributed by atoms with Crippen molar-refractivity contribution in [3.8, 4) is 0 Å². The van der Waals surface area contributed by atoms with Gasteiger partial charge in [0, 0.05) is 21.8 Å². The Morgan fingerprint density at radius 1 is 1.23 bits per heavy atom. The van der Waals surface area contributed by atoms with Crippen LogP contribution in [0.3, 0.4) is 0 Å². The summed E-state index contributed by atoms with van der Waals surface area (Å²) in [6.07, 6.45) is 5.15. The van der Waals surface area contributed by atoms with Crippen LogP contribution in [0.5, 0.6) is 0 Å². The molecule has 0 unspecified atom stereocenters. The Labute approximate surface area is 151 Å². The molecule has 135 valence electrons. The number of hydrogen-bond acceptors (Lipinski definition) is 5. The Bertz CT molecular complexity index is 1040. The number of fused-ring (bicyclic) bond motifs is 1. The van der Waals surface area contributed by atoms with Gasteiger partial charge in [0.15, 0.2) is 0 Å². The van der Waals surface area contributed by atoms with Gasteiger partial charge in [-0.15, -0.1) is 0 Å². The van der Waals surface area contributed by atoms with E-state index in [-0.39, 0.29) is 23.9 Å². The number of rotatable bonds is 4. The van der Waals surface area contributed by atoms with E-state index in [9.17, 15) is 9.59 Å². The van der Waals surface area contributed by atoms with Crippen LogP contribution in [0.2, 0.25) is 0 Å². The van der Waals surface area contributed by atoms with E-state index in [4.69, 9.17) is 0 Å². The monoisotopic (exact) mass is 352 g/mol. The molecular weight excluding hydrogens is 330 g/mol. The maximum absolute atomic E-state index is 12.5. The van der Waals surface area contributed by atoms with E-state index in [0.29, 0.717) is 5.56 Å². The molecule has 0 bridgehead atoms. The lowest BCUT2D eigenvalue weighted by atomic mass is 10.0. The van der Waals surface area contributed by atoms with Crippen molar-refractivity contribution in [3.05, 3.63) is 62.1 Å². The van der Waals surface area contributed by atoms with E-state index in [1.807, 2.05) is 33.8 Å². The van der Waals surface area contributed by atoms with Gasteiger partial charge in [0.2, 0.25) is 5.91 Å². The van der Waals surface area contributed by atoms with Crippen LogP contribution in [0.4, 0.5) is 0 Å². The van der Waals surface area contributed by atoms with Gasteiger partial charge in [0.25, 0.3) is 5.56 Å². The molecule has 0 spiro atoms. The fraction of sp³-hybridized carbons (Fsp3) is 0.316. The van der Waals surface area contributed by atoms with Gasteiger partial charge in [-0.25, -0.2) is 0 Å². The van der Waals surface area contributed by atoms with Crippen molar-refractivity contribution in [1.29, 1.82) is 0 Å². The molecule has 26 heavy (non-hydrogen) atoms. The largest absolute Gasteiger partial charge is 0.379 e. The van der Waals surface area contributed by atoms with Crippen molar-refractivity contribution in [1.82, 2.24) is 25.8 Å². The number of nitrogens with zero attached hydrogens (tertiary/aromatic N) is 2. The zero-order valence-electron chi connectivity index (χ0n) is 15.3. The minimum atomic E-state index is -0.231. The molecule has 1 radical (unpaired) electrons. The number of amides is 1. The first kappa shape index (κ1) is 17.8. The van der Waals surface area contributed by atoms with Gasteiger partial charge in [0.1, 0.15) is 0 Å². The van der Waals surface area contributed by atoms with Gasteiger partial charge in [-0.2, -0.15) is 10.2 Å². The second kappa shape index (κ2) is 7.11. The highest BCUT2D eigenvalue weighted by Crippen LogP contribution is 2.14. The molecule has 1 aliphatic rings. The van der Waals surface area contributed by atoms with Gasteiger partial charge >= 0.3 is 0 Å². The van der Waals surface area contributed by atoms with E-state index < -0.39 is 0 Å². The average Bonchev–Trinajstić information content (AvgIpc) is 2.58. The van der Waals surface area contributed by atoms with Gasteiger partial charge < -0.3 is 15.6 Å². The van der Waals surface area contributed by atoms with Crippen LogP contribution in [0.15, 0.2) is 17.2 Å². The van der Waals surface area contributed by atoms with Crippen molar-refractivity contribution in [2.24, 2.45) is 0 Å². The Balaban J connectivity index is 1.87. The number of aromatic nitrogens is 3. The molecule has 3 heterocycles. The summed E-state index contributed by atoms with van der Waals surface area (Å²) in [6.45, 7) is 9.41. The standard InChI is InChI=1S/C19H22N5O2/c1-10-8-21-22-9-15(10)12(3)23-17(25)7-14-11(2)18-13(4)20-6-5-16(18)24-19(14)26/h5-6,8-9,12,20H,7H2,1-4H3,(H,23,25)(H,24,26)/t12-/m1/s1. The molecule has 1 aliphatic heterocycles. The van der Waals surface area contributed by atoms with Crippen LogP contribution in [0.1, 0.15) is 42.1 Å². The van der Waals surface area contributed by atoms with Crippen LogP contribution in [-0.2, 0) is 11.2 Å². The first-order valence-corrected chi connectivity index (χ1v) is 8.47. The number of H-pyrrole nitrogens is 1. The van der Waals surface area contributed by atoms with E-state index in [1.54, 1.807) is 18.9 Å². The SMILES string of the molecule is CC1=c2c(C)c(CC(=O)N[C@H](C)c3cnncc3C)c(=O)[nH]c2=C[CH]N1. The highest BCUT2D eigenvalue weighted by molar-refractivity contribution is 5.79. The highest BCUT2D eigenvalue weighted by atomic mass is 16.2. The zero-order chi connectivity index (χ0) is 18.8. The van der Waals surface area contributed by atoms with E-state index in [2.05, 4.69) is 25.8 Å². The second-order valence-corrected chi connectivity index (χ2v) is 6.54. The smallest absolute Gasteiger partial charge is 0.252 e. The van der Waals surface area contributed by atoms with Crippen LogP contribution in [-0.4, -0.2) is 21.1 Å². The molecule has 0 saturated heterocycles. The third kappa shape index (κ3) is 3.37. The zero-order valence-corrected chi connectivity index (χ0v) is 15.3. The Morgan fingerprint density at radius 2 is 1.96 bits per heavy atom.